The first kappa shape index (κ1) is 13.9. The average Bonchev–Trinajstić information content (AvgIpc) is 3.06. The number of carbonyl (C=O) groups excluding carboxylic acids is 1. The van der Waals surface area contributed by atoms with Gasteiger partial charge in [0, 0.05) is 30.5 Å². The summed E-state index contributed by atoms with van der Waals surface area (Å²) in [6.45, 7) is 2.13. The fourth-order valence-electron chi connectivity index (χ4n) is 2.24. The zero-order chi connectivity index (χ0) is 14.0. The van der Waals surface area contributed by atoms with Gasteiger partial charge in [-0.05, 0) is 31.4 Å². The van der Waals surface area contributed by atoms with Crippen LogP contribution >= 0.6 is 0 Å². The molecule has 19 heavy (non-hydrogen) atoms. The Morgan fingerprint density at radius 3 is 2.68 bits per heavy atom. The van der Waals surface area contributed by atoms with Crippen molar-refractivity contribution in [3.8, 4) is 0 Å². The van der Waals surface area contributed by atoms with Crippen LogP contribution in [0.3, 0.4) is 0 Å². The maximum absolute atomic E-state index is 13.7. The summed E-state index contributed by atoms with van der Waals surface area (Å²) in [5, 5.41) is 2.78. The topological polar surface area (TPSA) is 55.1 Å². The highest BCUT2D eigenvalue weighted by molar-refractivity contribution is 5.76. The van der Waals surface area contributed by atoms with Gasteiger partial charge in [0.1, 0.15) is 11.6 Å². The zero-order valence-corrected chi connectivity index (χ0v) is 10.9. The second-order valence-corrected chi connectivity index (χ2v) is 5.36. The van der Waals surface area contributed by atoms with Gasteiger partial charge in [-0.3, -0.25) is 4.79 Å². The van der Waals surface area contributed by atoms with E-state index in [2.05, 4.69) is 5.32 Å². The molecule has 1 amide bonds. The Morgan fingerprint density at radius 2 is 2.16 bits per heavy atom. The van der Waals surface area contributed by atoms with Crippen molar-refractivity contribution in [1.82, 2.24) is 5.32 Å². The summed E-state index contributed by atoms with van der Waals surface area (Å²) in [5.74, 6) is -1.26. The summed E-state index contributed by atoms with van der Waals surface area (Å²) < 4.78 is 26.6. The van der Waals surface area contributed by atoms with Gasteiger partial charge < -0.3 is 11.1 Å². The number of benzene rings is 1. The van der Waals surface area contributed by atoms with Crippen LogP contribution in [0.2, 0.25) is 0 Å². The van der Waals surface area contributed by atoms with E-state index in [4.69, 9.17) is 5.73 Å². The molecule has 0 aliphatic heterocycles. The molecule has 1 unspecified atom stereocenters. The SMILES string of the molecule is CC(N)CC(=O)NCC1(c2ccc(F)cc2F)CC1. The maximum atomic E-state index is 13.7. The first-order valence-electron chi connectivity index (χ1n) is 6.41. The Hall–Kier alpha value is -1.49. The highest BCUT2D eigenvalue weighted by Crippen LogP contribution is 2.48. The summed E-state index contributed by atoms with van der Waals surface area (Å²) >= 11 is 0. The molecule has 0 radical (unpaired) electrons. The molecule has 1 aliphatic rings. The number of hydrogen-bond donors (Lipinski definition) is 2. The molecule has 5 heteroatoms. The van der Waals surface area contributed by atoms with Crippen molar-refractivity contribution in [3.05, 3.63) is 35.4 Å². The lowest BCUT2D eigenvalue weighted by atomic mass is 9.95. The lowest BCUT2D eigenvalue weighted by molar-refractivity contribution is -0.121. The van der Waals surface area contributed by atoms with Gasteiger partial charge in [-0.15, -0.1) is 0 Å². The standard InChI is InChI=1S/C14H18F2N2O/c1-9(17)6-13(19)18-8-14(4-5-14)11-3-2-10(15)7-12(11)16/h2-3,7,9H,4-6,8,17H2,1H3,(H,18,19). The predicted molar refractivity (Wildman–Crippen MR) is 68.5 cm³/mol. The second-order valence-electron chi connectivity index (χ2n) is 5.36. The minimum Gasteiger partial charge on any atom is -0.355 e. The van der Waals surface area contributed by atoms with Crippen LogP contribution in [-0.4, -0.2) is 18.5 Å². The van der Waals surface area contributed by atoms with Crippen molar-refractivity contribution < 1.29 is 13.6 Å². The molecule has 1 aromatic rings. The lowest BCUT2D eigenvalue weighted by Gasteiger charge is -2.18. The Balaban J connectivity index is 2.01. The van der Waals surface area contributed by atoms with Crippen molar-refractivity contribution in [1.29, 1.82) is 0 Å². The van der Waals surface area contributed by atoms with Gasteiger partial charge in [0.05, 0.1) is 0 Å². The summed E-state index contributed by atoms with van der Waals surface area (Å²) in [4.78, 5) is 11.6. The predicted octanol–water partition coefficient (Wildman–Crippen LogP) is 1.85. The number of nitrogens with one attached hydrogen (secondary N) is 1. The van der Waals surface area contributed by atoms with E-state index in [0.29, 0.717) is 12.1 Å². The van der Waals surface area contributed by atoms with E-state index in [1.165, 1.54) is 12.1 Å². The van der Waals surface area contributed by atoms with Gasteiger partial charge in [-0.1, -0.05) is 6.07 Å². The highest BCUT2D eigenvalue weighted by atomic mass is 19.1. The third-order valence-corrected chi connectivity index (χ3v) is 3.49. The number of hydrogen-bond acceptors (Lipinski definition) is 2. The van der Waals surface area contributed by atoms with Gasteiger partial charge in [0.2, 0.25) is 5.91 Å². The number of carbonyl (C=O) groups is 1. The van der Waals surface area contributed by atoms with Gasteiger partial charge >= 0.3 is 0 Å². The van der Waals surface area contributed by atoms with Crippen LogP contribution in [0.5, 0.6) is 0 Å². The Bertz CT molecular complexity index is 484. The summed E-state index contributed by atoms with van der Waals surface area (Å²) in [6.07, 6.45) is 1.85. The largest absolute Gasteiger partial charge is 0.355 e. The van der Waals surface area contributed by atoms with Gasteiger partial charge in [-0.2, -0.15) is 0 Å². The Kier molecular flexibility index (Phi) is 3.85. The quantitative estimate of drug-likeness (QED) is 0.856. The monoisotopic (exact) mass is 268 g/mol. The number of nitrogens with two attached hydrogens (primary N) is 1. The van der Waals surface area contributed by atoms with E-state index in [1.807, 2.05) is 0 Å². The maximum Gasteiger partial charge on any atom is 0.221 e. The van der Waals surface area contributed by atoms with Crippen molar-refractivity contribution in [2.24, 2.45) is 5.73 Å². The number of rotatable bonds is 5. The molecular weight excluding hydrogens is 250 g/mol. The van der Waals surface area contributed by atoms with Crippen LogP contribution in [0.4, 0.5) is 8.78 Å². The van der Waals surface area contributed by atoms with E-state index >= 15 is 0 Å². The molecule has 1 aromatic carbocycles. The highest BCUT2D eigenvalue weighted by Gasteiger charge is 2.46. The first-order chi connectivity index (χ1) is 8.93. The van der Waals surface area contributed by atoms with Gasteiger partial charge in [0.25, 0.3) is 0 Å². The average molecular weight is 268 g/mol. The van der Waals surface area contributed by atoms with Crippen molar-refractivity contribution in [2.45, 2.75) is 37.6 Å². The van der Waals surface area contributed by atoms with Crippen LogP contribution < -0.4 is 11.1 Å². The van der Waals surface area contributed by atoms with Crippen LogP contribution in [-0.2, 0) is 10.2 Å². The van der Waals surface area contributed by atoms with E-state index < -0.39 is 11.6 Å². The van der Waals surface area contributed by atoms with Crippen molar-refractivity contribution in [2.75, 3.05) is 6.54 Å². The van der Waals surface area contributed by atoms with Crippen LogP contribution in [0.15, 0.2) is 18.2 Å². The lowest BCUT2D eigenvalue weighted by Crippen LogP contribution is -2.35. The fraction of sp³-hybridized carbons (Fsp3) is 0.500. The molecule has 0 spiro atoms. The Labute approximate surface area is 111 Å². The third kappa shape index (κ3) is 3.29. The molecule has 3 nitrogen and oxygen atoms in total. The molecule has 1 atom stereocenters. The molecule has 0 saturated heterocycles. The molecule has 1 fully saturated rings. The Morgan fingerprint density at radius 1 is 1.47 bits per heavy atom. The molecule has 1 aliphatic carbocycles. The van der Waals surface area contributed by atoms with E-state index in [9.17, 15) is 13.6 Å². The summed E-state index contributed by atoms with van der Waals surface area (Å²) in [6, 6.07) is 3.41. The first-order valence-corrected chi connectivity index (χ1v) is 6.41. The second kappa shape index (κ2) is 5.25. The molecule has 0 heterocycles. The van der Waals surface area contributed by atoms with Crippen molar-refractivity contribution >= 4 is 5.91 Å². The molecule has 3 N–H and O–H groups in total. The summed E-state index contributed by atoms with van der Waals surface area (Å²) in [5.41, 5.74) is 5.65. The smallest absolute Gasteiger partial charge is 0.221 e. The molecule has 0 aromatic heterocycles. The van der Waals surface area contributed by atoms with Gasteiger partial charge in [0.15, 0.2) is 0 Å². The van der Waals surface area contributed by atoms with Crippen LogP contribution in [0.1, 0.15) is 31.7 Å². The molecule has 2 rings (SSSR count). The van der Waals surface area contributed by atoms with E-state index in [0.717, 1.165) is 18.9 Å². The van der Waals surface area contributed by atoms with Crippen LogP contribution in [0, 0.1) is 11.6 Å². The molecule has 0 bridgehead atoms. The van der Waals surface area contributed by atoms with E-state index in [-0.39, 0.29) is 23.8 Å². The number of amides is 1. The number of halogens is 2. The summed E-state index contributed by atoms with van der Waals surface area (Å²) in [7, 11) is 0. The normalized spacial score (nSPS) is 17.9. The van der Waals surface area contributed by atoms with Crippen LogP contribution in [0.25, 0.3) is 0 Å². The zero-order valence-electron chi connectivity index (χ0n) is 10.9. The van der Waals surface area contributed by atoms with Gasteiger partial charge in [-0.25, -0.2) is 8.78 Å². The molecular formula is C14H18F2N2O. The minimum absolute atomic E-state index is 0.135. The minimum atomic E-state index is -0.585. The molecule has 104 valence electrons. The third-order valence-electron chi connectivity index (χ3n) is 3.49. The molecule has 1 saturated carbocycles. The van der Waals surface area contributed by atoms with Crippen molar-refractivity contribution in [3.63, 3.8) is 0 Å². The van der Waals surface area contributed by atoms with E-state index in [1.54, 1.807) is 6.92 Å². The fourth-order valence-corrected chi connectivity index (χ4v) is 2.24.